The van der Waals surface area contributed by atoms with Gasteiger partial charge >= 0.3 is 0 Å². The number of hydrogen-bond acceptors (Lipinski definition) is 5. The first-order valence-electron chi connectivity index (χ1n) is 9.65. The molecule has 0 radical (unpaired) electrons. The lowest BCUT2D eigenvalue weighted by Crippen LogP contribution is -2.48. The molecule has 0 spiro atoms. The van der Waals surface area contributed by atoms with Gasteiger partial charge in [0.2, 0.25) is 15.9 Å². The number of halogens is 1. The number of benzene rings is 2. The quantitative estimate of drug-likeness (QED) is 0.611. The number of ether oxygens (including phenoxy) is 1. The van der Waals surface area contributed by atoms with Crippen molar-refractivity contribution in [2.75, 3.05) is 25.2 Å². The third kappa shape index (κ3) is 5.74. The molecule has 1 heterocycles. The summed E-state index contributed by atoms with van der Waals surface area (Å²) in [5, 5.41) is 2.83. The minimum Gasteiger partial charge on any atom is -0.493 e. The number of rotatable bonds is 9. The molecule has 2 unspecified atom stereocenters. The van der Waals surface area contributed by atoms with E-state index in [9.17, 15) is 17.6 Å². The maximum atomic E-state index is 14.0. The number of carbonyl (C=O) groups excluding carboxylic acids is 1. The first-order chi connectivity index (χ1) is 14.4. The van der Waals surface area contributed by atoms with E-state index in [2.05, 4.69) is 10.0 Å². The van der Waals surface area contributed by atoms with Crippen LogP contribution < -0.4 is 14.8 Å². The summed E-state index contributed by atoms with van der Waals surface area (Å²) < 4.78 is 47.3. The summed E-state index contributed by atoms with van der Waals surface area (Å²) in [6.45, 7) is 0.845. The van der Waals surface area contributed by atoms with Crippen LogP contribution in [0, 0.1) is 11.7 Å². The number of fused-ring (bicyclic) bond motifs is 1. The lowest BCUT2D eigenvalue weighted by atomic mass is 9.96. The van der Waals surface area contributed by atoms with Gasteiger partial charge in [0.15, 0.2) is 0 Å². The molecule has 1 aliphatic rings. The molecule has 162 valence electrons. The first-order valence-corrected chi connectivity index (χ1v) is 12.5. The summed E-state index contributed by atoms with van der Waals surface area (Å²) in [4.78, 5) is 12.3. The van der Waals surface area contributed by atoms with Gasteiger partial charge in [0.05, 0.1) is 6.61 Å². The van der Waals surface area contributed by atoms with Crippen LogP contribution in [0.15, 0.2) is 53.4 Å². The van der Waals surface area contributed by atoms with E-state index in [-0.39, 0.29) is 5.92 Å². The molecule has 2 aromatic rings. The van der Waals surface area contributed by atoms with Crippen LogP contribution in [0.25, 0.3) is 0 Å². The van der Waals surface area contributed by atoms with E-state index in [0.29, 0.717) is 25.3 Å². The van der Waals surface area contributed by atoms with Crippen molar-refractivity contribution < 1.29 is 22.3 Å². The van der Waals surface area contributed by atoms with Gasteiger partial charge in [0.1, 0.15) is 22.5 Å². The predicted molar refractivity (Wildman–Crippen MR) is 116 cm³/mol. The fraction of sp³-hybridized carbons (Fsp3) is 0.381. The minimum atomic E-state index is -4.17. The fourth-order valence-electron chi connectivity index (χ4n) is 3.28. The molecule has 9 heteroatoms. The Labute approximate surface area is 180 Å². The van der Waals surface area contributed by atoms with Crippen LogP contribution in [0.4, 0.5) is 4.39 Å². The van der Waals surface area contributed by atoms with E-state index in [1.807, 2.05) is 30.5 Å². The highest BCUT2D eigenvalue weighted by Crippen LogP contribution is 2.26. The number of hydrogen-bond donors (Lipinski definition) is 2. The molecule has 1 amide bonds. The van der Waals surface area contributed by atoms with E-state index < -0.39 is 32.7 Å². The predicted octanol–water partition coefficient (Wildman–Crippen LogP) is 2.59. The third-order valence-corrected chi connectivity index (χ3v) is 7.02. The molecule has 0 fully saturated rings. The average molecular weight is 453 g/mol. The molecule has 0 saturated carbocycles. The summed E-state index contributed by atoms with van der Waals surface area (Å²) in [6.07, 6.45) is 2.94. The number of nitrogens with one attached hydrogen (secondary N) is 2. The summed E-state index contributed by atoms with van der Waals surface area (Å²) >= 11 is 1.50. The zero-order valence-electron chi connectivity index (χ0n) is 16.6. The zero-order valence-corrected chi connectivity index (χ0v) is 18.3. The Kier molecular flexibility index (Phi) is 7.74. The van der Waals surface area contributed by atoms with Gasteiger partial charge in [0.25, 0.3) is 0 Å². The molecular formula is C21H25FN2O4S2. The van der Waals surface area contributed by atoms with Crippen molar-refractivity contribution in [1.82, 2.24) is 10.0 Å². The smallest absolute Gasteiger partial charge is 0.244 e. The van der Waals surface area contributed by atoms with Crippen LogP contribution >= 0.6 is 11.8 Å². The van der Waals surface area contributed by atoms with Crippen LogP contribution in [-0.4, -0.2) is 45.5 Å². The highest BCUT2D eigenvalue weighted by atomic mass is 32.2. The lowest BCUT2D eigenvalue weighted by Gasteiger charge is -2.26. The second kappa shape index (κ2) is 10.3. The Balaban J connectivity index is 1.63. The topological polar surface area (TPSA) is 84.5 Å². The molecule has 0 aliphatic carbocycles. The van der Waals surface area contributed by atoms with Crippen LogP contribution in [0.1, 0.15) is 12.0 Å². The second-order valence-electron chi connectivity index (χ2n) is 7.12. The van der Waals surface area contributed by atoms with Gasteiger partial charge in [-0.25, -0.2) is 12.8 Å². The Morgan fingerprint density at radius 1 is 1.23 bits per heavy atom. The largest absolute Gasteiger partial charge is 0.493 e. The molecule has 30 heavy (non-hydrogen) atoms. The molecule has 0 saturated heterocycles. The second-order valence-corrected chi connectivity index (χ2v) is 9.79. The van der Waals surface area contributed by atoms with Crippen LogP contribution in [-0.2, 0) is 21.2 Å². The van der Waals surface area contributed by atoms with Gasteiger partial charge in [-0.3, -0.25) is 4.79 Å². The first kappa shape index (κ1) is 22.6. The highest BCUT2D eigenvalue weighted by Gasteiger charge is 2.28. The summed E-state index contributed by atoms with van der Waals surface area (Å²) in [5.74, 6) is 0.247. The molecule has 2 N–H and O–H groups in total. The minimum absolute atomic E-state index is 0.0909. The molecule has 6 nitrogen and oxygen atoms in total. The van der Waals surface area contributed by atoms with E-state index in [4.69, 9.17) is 4.74 Å². The highest BCUT2D eigenvalue weighted by molar-refractivity contribution is 7.98. The fourth-order valence-corrected chi connectivity index (χ4v) is 5.06. The maximum Gasteiger partial charge on any atom is 0.244 e. The van der Waals surface area contributed by atoms with Crippen molar-refractivity contribution >= 4 is 27.7 Å². The van der Waals surface area contributed by atoms with Crippen LogP contribution in [0.3, 0.4) is 0 Å². The number of carbonyl (C=O) groups is 1. The SMILES string of the molecule is CSCCC(NS(=O)(=O)c1ccccc1F)C(=O)NCC1COc2ccccc2C1. The summed E-state index contributed by atoms with van der Waals surface area (Å²) in [6, 6.07) is 11.9. The van der Waals surface area contributed by atoms with Crippen molar-refractivity contribution in [2.45, 2.75) is 23.8 Å². The Morgan fingerprint density at radius 2 is 1.97 bits per heavy atom. The molecule has 2 atom stereocenters. The van der Waals surface area contributed by atoms with Gasteiger partial charge in [-0.2, -0.15) is 16.5 Å². The van der Waals surface area contributed by atoms with Crippen molar-refractivity contribution in [2.24, 2.45) is 5.92 Å². The standard InChI is InChI=1S/C21H25FN2O4S2/c1-29-11-10-18(24-30(26,27)20-9-5-3-7-17(20)22)21(25)23-13-15-12-16-6-2-4-8-19(16)28-14-15/h2-9,15,18,24H,10-14H2,1H3,(H,23,25). The van der Waals surface area contributed by atoms with Gasteiger partial charge in [-0.15, -0.1) is 0 Å². The molecule has 2 aromatic carbocycles. The van der Waals surface area contributed by atoms with Crippen molar-refractivity contribution in [3.63, 3.8) is 0 Å². The van der Waals surface area contributed by atoms with E-state index in [1.165, 1.54) is 30.0 Å². The number of para-hydroxylation sites is 1. The normalized spacial score (nSPS) is 16.9. The number of amides is 1. The Hall–Kier alpha value is -2.10. The van der Waals surface area contributed by atoms with Gasteiger partial charge < -0.3 is 10.1 Å². The van der Waals surface area contributed by atoms with Crippen LogP contribution in [0.5, 0.6) is 5.75 Å². The zero-order chi connectivity index (χ0) is 21.6. The Morgan fingerprint density at radius 3 is 2.73 bits per heavy atom. The van der Waals surface area contributed by atoms with Crippen molar-refractivity contribution in [3.05, 3.63) is 59.9 Å². The molecule has 3 rings (SSSR count). The van der Waals surface area contributed by atoms with E-state index in [0.717, 1.165) is 23.8 Å². The lowest BCUT2D eigenvalue weighted by molar-refractivity contribution is -0.123. The van der Waals surface area contributed by atoms with E-state index in [1.54, 1.807) is 0 Å². The summed E-state index contributed by atoms with van der Waals surface area (Å²) in [5.41, 5.74) is 1.09. The molecular weight excluding hydrogens is 427 g/mol. The maximum absolute atomic E-state index is 14.0. The molecule has 0 bridgehead atoms. The number of thioether (sulfide) groups is 1. The monoisotopic (exact) mass is 452 g/mol. The molecule has 0 aromatic heterocycles. The van der Waals surface area contributed by atoms with Crippen LogP contribution in [0.2, 0.25) is 0 Å². The average Bonchev–Trinajstić information content (AvgIpc) is 2.75. The Bertz CT molecular complexity index is 984. The molecule has 1 aliphatic heterocycles. The number of sulfonamides is 1. The van der Waals surface area contributed by atoms with Gasteiger partial charge in [0, 0.05) is 12.5 Å². The van der Waals surface area contributed by atoms with E-state index >= 15 is 0 Å². The van der Waals surface area contributed by atoms with Gasteiger partial charge in [-0.1, -0.05) is 30.3 Å². The van der Waals surface area contributed by atoms with Gasteiger partial charge in [-0.05, 0) is 48.6 Å². The van der Waals surface area contributed by atoms with Crippen molar-refractivity contribution in [1.29, 1.82) is 0 Å². The van der Waals surface area contributed by atoms with Crippen molar-refractivity contribution in [3.8, 4) is 5.75 Å². The third-order valence-electron chi connectivity index (χ3n) is 4.87. The summed E-state index contributed by atoms with van der Waals surface area (Å²) in [7, 11) is -4.17.